The maximum Gasteiger partial charge on any atom is 0.167 e. The molecule has 0 aliphatic rings. The van der Waals surface area contributed by atoms with Crippen LogP contribution in [0.1, 0.15) is 87.0 Å². The first kappa shape index (κ1) is 31.4. The third kappa shape index (κ3) is 8.72. The Hall–Kier alpha value is -3.57. The van der Waals surface area contributed by atoms with Crippen LogP contribution in [0.15, 0.2) is 60.7 Å². The first-order valence-corrected chi connectivity index (χ1v) is 15.7. The largest absolute Gasteiger partial charge is 0.490 e. The number of para-hydroxylation sites is 1. The number of aryl methyl sites for hydroxylation is 4. The average Bonchev–Trinajstić information content (AvgIpc) is 2.97. The van der Waals surface area contributed by atoms with Crippen molar-refractivity contribution in [3.05, 3.63) is 82.9 Å². The number of aliphatic hydroxyl groups excluding tert-OH is 1. The van der Waals surface area contributed by atoms with Crippen molar-refractivity contribution in [2.45, 2.75) is 98.5 Å². The van der Waals surface area contributed by atoms with Gasteiger partial charge in [-0.05, 0) is 57.4 Å². The highest BCUT2D eigenvalue weighted by atomic mass is 16.5. The number of ether oxygens (including phenoxy) is 1. The minimum Gasteiger partial charge on any atom is -0.490 e. The van der Waals surface area contributed by atoms with E-state index in [-0.39, 0.29) is 6.61 Å². The smallest absolute Gasteiger partial charge is 0.167 e. The van der Waals surface area contributed by atoms with E-state index >= 15 is 0 Å². The number of hydrogen-bond acceptors (Lipinski definition) is 5. The summed E-state index contributed by atoms with van der Waals surface area (Å²) in [4.78, 5) is 14.9. The van der Waals surface area contributed by atoms with Gasteiger partial charge in [-0.1, -0.05) is 118 Å². The van der Waals surface area contributed by atoms with Crippen LogP contribution < -0.4 is 4.74 Å². The Labute approximate surface area is 252 Å². The van der Waals surface area contributed by atoms with Crippen LogP contribution in [-0.4, -0.2) is 32.8 Å². The number of hydrogen-bond donors (Lipinski definition) is 1. The number of benzene rings is 3. The summed E-state index contributed by atoms with van der Waals surface area (Å²) in [5.74, 6) is 2.49. The maximum absolute atomic E-state index is 10.7. The van der Waals surface area contributed by atoms with Crippen LogP contribution >= 0.6 is 0 Å². The maximum atomic E-state index is 10.7. The van der Waals surface area contributed by atoms with Gasteiger partial charge in [0.15, 0.2) is 17.5 Å². The van der Waals surface area contributed by atoms with Crippen LogP contribution in [0, 0.1) is 27.7 Å². The third-order valence-corrected chi connectivity index (χ3v) is 7.83. The topological polar surface area (TPSA) is 68.1 Å². The number of nitrogens with zero attached hydrogens (tertiary/aromatic N) is 3. The summed E-state index contributed by atoms with van der Waals surface area (Å²) in [5, 5.41) is 10.7. The lowest BCUT2D eigenvalue weighted by Crippen LogP contribution is -2.17. The summed E-state index contributed by atoms with van der Waals surface area (Å²) in [6.45, 7) is 10.9. The fraction of sp³-hybridized carbons (Fsp3) is 0.432. The molecule has 0 amide bonds. The minimum atomic E-state index is -0.506. The number of unbranched alkanes of at least 4 members (excludes halogenated alkanes) is 7. The SMILES string of the molecule is CCCCCCCCCCC(O)COc1ccccc1-c1nc(-c2ccc(C)cc2C)nc(-c2ccc(C)cc2C)n1. The summed E-state index contributed by atoms with van der Waals surface area (Å²) >= 11 is 0. The van der Waals surface area contributed by atoms with Crippen LogP contribution in [-0.2, 0) is 0 Å². The molecule has 5 heteroatoms. The van der Waals surface area contributed by atoms with Gasteiger partial charge in [-0.25, -0.2) is 15.0 Å². The molecule has 0 saturated carbocycles. The van der Waals surface area contributed by atoms with Gasteiger partial charge in [0, 0.05) is 11.1 Å². The lowest BCUT2D eigenvalue weighted by atomic mass is 10.0. The van der Waals surface area contributed by atoms with Crippen molar-refractivity contribution in [3.8, 4) is 39.9 Å². The first-order valence-electron chi connectivity index (χ1n) is 15.7. The van der Waals surface area contributed by atoms with E-state index in [0.717, 1.165) is 47.1 Å². The normalized spacial score (nSPS) is 12.0. The van der Waals surface area contributed by atoms with E-state index in [2.05, 4.69) is 71.0 Å². The molecule has 0 aliphatic heterocycles. The molecule has 1 aromatic heterocycles. The highest BCUT2D eigenvalue weighted by Gasteiger charge is 2.18. The van der Waals surface area contributed by atoms with Gasteiger partial charge >= 0.3 is 0 Å². The second-order valence-corrected chi connectivity index (χ2v) is 11.7. The average molecular weight is 566 g/mol. The number of aliphatic hydroxyl groups is 1. The van der Waals surface area contributed by atoms with E-state index in [9.17, 15) is 5.11 Å². The van der Waals surface area contributed by atoms with Crippen LogP contribution in [0.2, 0.25) is 0 Å². The molecule has 1 unspecified atom stereocenters. The Morgan fingerprint density at radius 3 is 1.67 bits per heavy atom. The number of rotatable bonds is 15. The van der Waals surface area contributed by atoms with Crippen molar-refractivity contribution in [1.29, 1.82) is 0 Å². The van der Waals surface area contributed by atoms with E-state index in [1.165, 1.54) is 49.7 Å². The van der Waals surface area contributed by atoms with Crippen LogP contribution in [0.25, 0.3) is 34.2 Å². The minimum absolute atomic E-state index is 0.243. The summed E-state index contributed by atoms with van der Waals surface area (Å²) in [5.41, 5.74) is 7.38. The van der Waals surface area contributed by atoms with Crippen molar-refractivity contribution in [2.24, 2.45) is 0 Å². The summed E-state index contributed by atoms with van der Waals surface area (Å²) < 4.78 is 6.20. The predicted octanol–water partition coefficient (Wildman–Crippen LogP) is 9.38. The summed E-state index contributed by atoms with van der Waals surface area (Å²) in [7, 11) is 0. The fourth-order valence-electron chi connectivity index (χ4n) is 5.43. The van der Waals surface area contributed by atoms with E-state index in [0.29, 0.717) is 23.2 Å². The molecular formula is C37H47N3O2. The van der Waals surface area contributed by atoms with Gasteiger partial charge in [-0.2, -0.15) is 0 Å². The molecule has 1 atom stereocenters. The zero-order valence-corrected chi connectivity index (χ0v) is 26.1. The van der Waals surface area contributed by atoms with Crippen molar-refractivity contribution in [2.75, 3.05) is 6.61 Å². The molecule has 0 fully saturated rings. The molecule has 0 spiro atoms. The lowest BCUT2D eigenvalue weighted by molar-refractivity contribution is 0.0977. The number of aromatic nitrogens is 3. The van der Waals surface area contributed by atoms with Gasteiger partial charge in [-0.3, -0.25) is 0 Å². The molecule has 42 heavy (non-hydrogen) atoms. The molecule has 5 nitrogen and oxygen atoms in total. The fourth-order valence-corrected chi connectivity index (χ4v) is 5.43. The molecule has 222 valence electrons. The van der Waals surface area contributed by atoms with E-state index in [1.54, 1.807) is 0 Å². The van der Waals surface area contributed by atoms with E-state index < -0.39 is 6.10 Å². The first-order chi connectivity index (χ1) is 20.4. The Bertz CT molecular complexity index is 1380. The van der Waals surface area contributed by atoms with Crippen LogP contribution in [0.5, 0.6) is 5.75 Å². The van der Waals surface area contributed by atoms with Crippen molar-refractivity contribution < 1.29 is 9.84 Å². The molecule has 0 bridgehead atoms. The monoisotopic (exact) mass is 565 g/mol. The molecule has 1 heterocycles. The molecule has 1 N–H and O–H groups in total. The predicted molar refractivity (Wildman–Crippen MR) is 174 cm³/mol. The molecule has 0 aliphatic carbocycles. The van der Waals surface area contributed by atoms with Crippen LogP contribution in [0.3, 0.4) is 0 Å². The van der Waals surface area contributed by atoms with Crippen molar-refractivity contribution >= 4 is 0 Å². The molecule has 0 saturated heterocycles. The van der Waals surface area contributed by atoms with Crippen molar-refractivity contribution in [3.63, 3.8) is 0 Å². The Kier molecular flexibility index (Phi) is 11.7. The summed E-state index contributed by atoms with van der Waals surface area (Å²) in [6.07, 6.45) is 10.2. The highest BCUT2D eigenvalue weighted by molar-refractivity contribution is 5.72. The van der Waals surface area contributed by atoms with Gasteiger partial charge in [0.25, 0.3) is 0 Å². The highest BCUT2D eigenvalue weighted by Crippen LogP contribution is 2.32. The van der Waals surface area contributed by atoms with Crippen molar-refractivity contribution in [1.82, 2.24) is 15.0 Å². The third-order valence-electron chi connectivity index (χ3n) is 7.83. The van der Waals surface area contributed by atoms with Gasteiger partial charge in [0.1, 0.15) is 12.4 Å². The molecular weight excluding hydrogens is 518 g/mol. The second-order valence-electron chi connectivity index (χ2n) is 11.7. The van der Waals surface area contributed by atoms with Gasteiger partial charge in [-0.15, -0.1) is 0 Å². The van der Waals surface area contributed by atoms with Crippen LogP contribution in [0.4, 0.5) is 0 Å². The van der Waals surface area contributed by atoms with E-state index in [1.807, 2.05) is 24.3 Å². The Morgan fingerprint density at radius 1 is 0.619 bits per heavy atom. The molecule has 0 radical (unpaired) electrons. The zero-order valence-electron chi connectivity index (χ0n) is 26.1. The molecule has 4 aromatic rings. The molecule has 3 aromatic carbocycles. The quantitative estimate of drug-likeness (QED) is 0.145. The van der Waals surface area contributed by atoms with Gasteiger partial charge < -0.3 is 9.84 Å². The molecule has 4 rings (SSSR count). The standard InChI is InChI=1S/C37H47N3O2/c1-6-7-8-9-10-11-12-13-16-30(41)25-42-34-18-15-14-17-33(34)37-39-35(31-21-19-26(2)23-28(31)4)38-36(40-37)32-22-20-27(3)24-29(32)5/h14-15,17-24,30,41H,6-13,16,25H2,1-5H3. The van der Waals surface area contributed by atoms with E-state index in [4.69, 9.17) is 19.7 Å². The van der Waals surface area contributed by atoms with Gasteiger partial charge in [0.2, 0.25) is 0 Å². The Balaban J connectivity index is 1.55. The summed E-state index contributed by atoms with van der Waals surface area (Å²) in [6, 6.07) is 20.5. The lowest BCUT2D eigenvalue weighted by Gasteiger charge is -2.16. The van der Waals surface area contributed by atoms with Gasteiger partial charge in [0.05, 0.1) is 11.7 Å². The zero-order chi connectivity index (χ0) is 29.9. The second kappa shape index (κ2) is 15.6. The Morgan fingerprint density at radius 2 is 1.12 bits per heavy atom.